The van der Waals surface area contributed by atoms with E-state index in [1.54, 1.807) is 7.05 Å². The van der Waals surface area contributed by atoms with E-state index in [4.69, 9.17) is 0 Å². The monoisotopic (exact) mass is 316 g/mol. The fraction of sp³-hybridized carbons (Fsp3) is 0.583. The lowest BCUT2D eigenvalue weighted by Gasteiger charge is -2.25. The molecular weight excluding hydrogens is 296 g/mol. The first-order chi connectivity index (χ1) is 9.78. The summed E-state index contributed by atoms with van der Waals surface area (Å²) in [5.41, 5.74) is 0.259. The van der Waals surface area contributed by atoms with Crippen molar-refractivity contribution in [1.29, 1.82) is 0 Å². The number of hydrogen-bond acceptors (Lipinski definition) is 5. The first kappa shape index (κ1) is 16.0. The Morgan fingerprint density at radius 3 is 2.71 bits per heavy atom. The van der Waals surface area contributed by atoms with Crippen molar-refractivity contribution in [3.05, 3.63) is 18.0 Å². The molecule has 0 aliphatic carbocycles. The van der Waals surface area contributed by atoms with Gasteiger partial charge in [0.2, 0.25) is 10.0 Å². The van der Waals surface area contributed by atoms with E-state index in [0.717, 1.165) is 4.31 Å². The third-order valence-corrected chi connectivity index (χ3v) is 5.58. The molecule has 2 heterocycles. The van der Waals surface area contributed by atoms with Crippen LogP contribution in [0, 0.1) is 0 Å². The van der Waals surface area contributed by atoms with Crippen molar-refractivity contribution in [3.63, 3.8) is 0 Å². The molecule has 3 N–H and O–H groups in total. The number of aryl methyl sites for hydroxylation is 1. The van der Waals surface area contributed by atoms with E-state index in [-0.39, 0.29) is 16.5 Å². The standard InChI is InChI=1S/C12H20N4O4S/c1-13-12(18)9-4-8(7-15(9)2)21(19,20)16(3)10-5-14-6-11(10)17/h4,7,10-11,14,17H,5-6H2,1-3H3,(H,13,18)/t10-,11-/m1/s1. The normalized spacial score (nSPS) is 22.7. The van der Waals surface area contributed by atoms with Crippen LogP contribution < -0.4 is 10.6 Å². The van der Waals surface area contributed by atoms with E-state index >= 15 is 0 Å². The van der Waals surface area contributed by atoms with E-state index in [1.165, 1.54) is 30.9 Å². The third kappa shape index (κ3) is 2.82. The Morgan fingerprint density at radius 2 is 2.19 bits per heavy atom. The summed E-state index contributed by atoms with van der Waals surface area (Å²) in [6, 6.07) is 0.818. The molecule has 0 radical (unpaired) electrons. The number of aliphatic hydroxyl groups is 1. The maximum Gasteiger partial charge on any atom is 0.267 e. The minimum atomic E-state index is -3.77. The molecule has 1 aliphatic heterocycles. The number of sulfonamides is 1. The van der Waals surface area contributed by atoms with Gasteiger partial charge in [0, 0.05) is 40.4 Å². The minimum Gasteiger partial charge on any atom is -0.390 e. The molecule has 8 nitrogen and oxygen atoms in total. The molecule has 1 saturated heterocycles. The molecule has 1 aromatic heterocycles. The van der Waals surface area contributed by atoms with Crippen LogP contribution in [0.1, 0.15) is 10.5 Å². The Kier molecular flexibility index (Phi) is 4.38. The van der Waals surface area contributed by atoms with Crippen LogP contribution in [0.2, 0.25) is 0 Å². The van der Waals surface area contributed by atoms with E-state index in [0.29, 0.717) is 13.1 Å². The van der Waals surface area contributed by atoms with Gasteiger partial charge in [-0.25, -0.2) is 8.42 Å². The number of carbonyl (C=O) groups excluding carboxylic acids is 1. The molecule has 0 unspecified atom stereocenters. The number of likely N-dealkylation sites (N-methyl/N-ethyl adjacent to an activating group) is 1. The highest BCUT2D eigenvalue weighted by Gasteiger charge is 2.36. The minimum absolute atomic E-state index is 0.0326. The predicted molar refractivity (Wildman–Crippen MR) is 76.4 cm³/mol. The highest BCUT2D eigenvalue weighted by Crippen LogP contribution is 2.21. The van der Waals surface area contributed by atoms with Crippen molar-refractivity contribution in [2.24, 2.45) is 7.05 Å². The molecule has 2 rings (SSSR count). The Morgan fingerprint density at radius 1 is 1.52 bits per heavy atom. The Balaban J connectivity index is 2.33. The van der Waals surface area contributed by atoms with Gasteiger partial charge in [0.05, 0.1) is 12.1 Å². The lowest BCUT2D eigenvalue weighted by molar-refractivity contribution is 0.0955. The van der Waals surface area contributed by atoms with Crippen molar-refractivity contribution in [1.82, 2.24) is 19.5 Å². The van der Waals surface area contributed by atoms with Crippen LogP contribution in [-0.2, 0) is 17.1 Å². The number of aliphatic hydroxyl groups excluding tert-OH is 1. The van der Waals surface area contributed by atoms with Crippen molar-refractivity contribution >= 4 is 15.9 Å². The molecule has 0 spiro atoms. The number of amides is 1. The summed E-state index contributed by atoms with van der Waals surface area (Å²) in [5.74, 6) is -0.357. The number of carbonyl (C=O) groups is 1. The van der Waals surface area contributed by atoms with Gasteiger partial charge in [-0.1, -0.05) is 0 Å². The van der Waals surface area contributed by atoms with Gasteiger partial charge in [0.15, 0.2) is 0 Å². The number of nitrogens with zero attached hydrogens (tertiary/aromatic N) is 2. The molecule has 1 fully saturated rings. The van der Waals surface area contributed by atoms with Gasteiger partial charge in [-0.05, 0) is 6.07 Å². The molecule has 9 heteroatoms. The van der Waals surface area contributed by atoms with Crippen LogP contribution >= 0.6 is 0 Å². The third-order valence-electron chi connectivity index (χ3n) is 3.73. The van der Waals surface area contributed by atoms with E-state index in [9.17, 15) is 18.3 Å². The zero-order valence-corrected chi connectivity index (χ0v) is 13.0. The van der Waals surface area contributed by atoms with Gasteiger partial charge in [0.25, 0.3) is 5.91 Å². The van der Waals surface area contributed by atoms with E-state index < -0.39 is 22.2 Å². The summed E-state index contributed by atoms with van der Waals surface area (Å²) in [4.78, 5) is 11.7. The Hall–Kier alpha value is -1.42. The second-order valence-corrected chi connectivity index (χ2v) is 7.06. The van der Waals surface area contributed by atoms with Crippen LogP contribution in [0.15, 0.2) is 17.2 Å². The molecule has 0 saturated carbocycles. The Labute approximate surface area is 123 Å². The Bertz CT molecular complexity index is 640. The molecular formula is C12H20N4O4S. The fourth-order valence-corrected chi connectivity index (χ4v) is 3.85. The van der Waals surface area contributed by atoms with Crippen LogP contribution in [0.4, 0.5) is 0 Å². The fourth-order valence-electron chi connectivity index (χ4n) is 2.40. The zero-order valence-electron chi connectivity index (χ0n) is 12.2. The zero-order chi connectivity index (χ0) is 15.8. The molecule has 0 bridgehead atoms. The topological polar surface area (TPSA) is 104 Å². The van der Waals surface area contributed by atoms with Gasteiger partial charge in [-0.3, -0.25) is 4.79 Å². The smallest absolute Gasteiger partial charge is 0.267 e. The summed E-state index contributed by atoms with van der Waals surface area (Å²) >= 11 is 0. The summed E-state index contributed by atoms with van der Waals surface area (Å²) in [7, 11) is 0.756. The SMILES string of the molecule is CNC(=O)c1cc(S(=O)(=O)N(C)[C@@H]2CNC[C@H]2O)cn1C. The number of β-amino-alcohol motifs (C(OH)–C–C–N with tert-alkyl or cyclic N) is 1. The first-order valence-corrected chi connectivity index (χ1v) is 7.98. The van der Waals surface area contributed by atoms with Gasteiger partial charge >= 0.3 is 0 Å². The molecule has 118 valence electrons. The van der Waals surface area contributed by atoms with E-state index in [2.05, 4.69) is 10.6 Å². The van der Waals surface area contributed by atoms with Gasteiger partial charge in [-0.2, -0.15) is 4.31 Å². The first-order valence-electron chi connectivity index (χ1n) is 6.54. The summed E-state index contributed by atoms with van der Waals surface area (Å²) in [5, 5.41) is 15.2. The quantitative estimate of drug-likeness (QED) is 0.617. The molecule has 1 aliphatic rings. The summed E-state index contributed by atoms with van der Waals surface area (Å²) in [6.07, 6.45) is 0.650. The number of rotatable bonds is 4. The molecule has 21 heavy (non-hydrogen) atoms. The van der Waals surface area contributed by atoms with E-state index in [1.807, 2.05) is 0 Å². The largest absolute Gasteiger partial charge is 0.390 e. The second kappa shape index (κ2) is 5.76. The van der Waals surface area contributed by atoms with Crippen LogP contribution in [-0.4, -0.2) is 67.6 Å². The number of hydrogen-bond donors (Lipinski definition) is 3. The van der Waals surface area contributed by atoms with Gasteiger partial charge < -0.3 is 20.3 Å². The summed E-state index contributed by atoms with van der Waals surface area (Å²) in [6.45, 7) is 0.759. The van der Waals surface area contributed by atoms with Gasteiger partial charge in [-0.15, -0.1) is 0 Å². The number of nitrogens with one attached hydrogen (secondary N) is 2. The maximum atomic E-state index is 12.6. The van der Waals surface area contributed by atoms with Gasteiger partial charge in [0.1, 0.15) is 10.6 Å². The lowest BCUT2D eigenvalue weighted by Crippen LogP contribution is -2.44. The average Bonchev–Trinajstić information content (AvgIpc) is 3.03. The van der Waals surface area contributed by atoms with Crippen LogP contribution in [0.5, 0.6) is 0 Å². The lowest BCUT2D eigenvalue weighted by atomic mass is 10.2. The van der Waals surface area contributed by atoms with Crippen LogP contribution in [0.25, 0.3) is 0 Å². The molecule has 2 atom stereocenters. The van der Waals surface area contributed by atoms with Crippen molar-refractivity contribution < 1.29 is 18.3 Å². The van der Waals surface area contributed by atoms with Crippen molar-refractivity contribution in [2.75, 3.05) is 27.2 Å². The predicted octanol–water partition coefficient (Wildman–Crippen LogP) is -1.66. The number of aromatic nitrogens is 1. The molecule has 1 aromatic rings. The summed E-state index contributed by atoms with van der Waals surface area (Å²) < 4.78 is 27.8. The highest BCUT2D eigenvalue weighted by molar-refractivity contribution is 7.89. The highest BCUT2D eigenvalue weighted by atomic mass is 32.2. The second-order valence-electron chi connectivity index (χ2n) is 5.07. The van der Waals surface area contributed by atoms with Crippen molar-refractivity contribution in [2.45, 2.75) is 17.0 Å². The molecule has 0 aromatic carbocycles. The molecule has 1 amide bonds. The van der Waals surface area contributed by atoms with Crippen molar-refractivity contribution in [3.8, 4) is 0 Å². The van der Waals surface area contributed by atoms with Crippen LogP contribution in [0.3, 0.4) is 0 Å². The maximum absolute atomic E-state index is 12.6. The average molecular weight is 316 g/mol.